The maximum absolute atomic E-state index is 12.5. The van der Waals surface area contributed by atoms with E-state index in [1.165, 1.54) is 0 Å². The molecule has 0 amide bonds. The van der Waals surface area contributed by atoms with Crippen molar-refractivity contribution in [3.05, 3.63) is 79.9 Å². The van der Waals surface area contributed by atoms with Gasteiger partial charge in [-0.15, -0.1) is 0 Å². The van der Waals surface area contributed by atoms with Crippen LogP contribution in [0.3, 0.4) is 0 Å². The maximum Gasteiger partial charge on any atom is 0.347 e. The Labute approximate surface area is 154 Å². The number of hydrogen-bond acceptors (Lipinski definition) is 3. The topological polar surface area (TPSA) is 47.3 Å². The molecule has 26 heavy (non-hydrogen) atoms. The fraction of sp³-hybridized carbons (Fsp3) is 0. The van der Waals surface area contributed by atoms with Gasteiger partial charge in [0.1, 0.15) is 0 Å². The zero-order chi connectivity index (χ0) is 17.6. The van der Waals surface area contributed by atoms with Gasteiger partial charge in [0.25, 0.3) is 0 Å². The Morgan fingerprint density at radius 3 is 2.23 bits per heavy atom. The molecule has 6 aromatic rings. The van der Waals surface area contributed by atoms with E-state index in [1.807, 2.05) is 24.3 Å². The molecule has 0 aliphatic heterocycles. The average molecular weight is 401 g/mol. The van der Waals surface area contributed by atoms with Gasteiger partial charge >= 0.3 is 11.3 Å². The lowest BCUT2D eigenvalue weighted by atomic mass is 9.88. The smallest absolute Gasteiger partial charge is 0.347 e. The molecule has 1 heterocycles. The third-order valence-corrected chi connectivity index (χ3v) is 6.01. The Morgan fingerprint density at radius 1 is 0.615 bits per heavy atom. The van der Waals surface area contributed by atoms with Crippen LogP contribution in [0.25, 0.3) is 53.9 Å². The van der Waals surface area contributed by atoms with Crippen molar-refractivity contribution in [2.45, 2.75) is 0 Å². The van der Waals surface area contributed by atoms with Crippen LogP contribution in [0.1, 0.15) is 0 Å². The fourth-order valence-corrected chi connectivity index (χ4v) is 4.78. The van der Waals surface area contributed by atoms with Gasteiger partial charge in [0.15, 0.2) is 0 Å². The summed E-state index contributed by atoms with van der Waals surface area (Å²) in [5.41, 5.74) is -1.13. The highest BCUT2D eigenvalue weighted by atomic mass is 79.9. The second-order valence-corrected chi connectivity index (χ2v) is 7.43. The molecule has 0 bridgehead atoms. The summed E-state index contributed by atoms with van der Waals surface area (Å²) < 4.78 is 5.93. The standard InChI is InChI=1S/C22H9BrO3/c23-16-8-7-12-11-4-1-3-10-9-15-20(22(25)26-21(15)24)19(17(10)11)14-6-2-5-13(16)18(12)14/h1-9H. The number of fused-ring (bicyclic) bond motifs is 4. The van der Waals surface area contributed by atoms with Crippen molar-refractivity contribution in [2.24, 2.45) is 0 Å². The molecular formula is C22H9BrO3. The first-order valence-corrected chi connectivity index (χ1v) is 9.02. The number of rotatable bonds is 0. The van der Waals surface area contributed by atoms with Crippen LogP contribution in [-0.2, 0) is 0 Å². The molecule has 0 unspecified atom stereocenters. The summed E-state index contributed by atoms with van der Waals surface area (Å²) in [4.78, 5) is 24.7. The minimum atomic E-state index is -0.569. The van der Waals surface area contributed by atoms with Crippen LogP contribution in [0.4, 0.5) is 0 Å². The molecule has 0 N–H and O–H groups in total. The van der Waals surface area contributed by atoms with E-state index < -0.39 is 11.3 Å². The SMILES string of the molecule is O=c1oc(=O)c2c1cc1cccc3c4ccc(Br)c5cccc(c54)c2c13. The second-order valence-electron chi connectivity index (χ2n) is 6.58. The Balaban J connectivity index is 2.17. The van der Waals surface area contributed by atoms with Crippen LogP contribution in [0.15, 0.2) is 73.1 Å². The largest absolute Gasteiger partial charge is 0.386 e. The molecule has 0 atom stereocenters. The lowest BCUT2D eigenvalue weighted by molar-refractivity contribution is 0.500. The molecule has 122 valence electrons. The van der Waals surface area contributed by atoms with E-state index in [0.717, 1.165) is 47.6 Å². The lowest BCUT2D eigenvalue weighted by Crippen LogP contribution is -1.95. The van der Waals surface area contributed by atoms with Crippen molar-refractivity contribution < 1.29 is 4.42 Å². The molecule has 0 fully saturated rings. The number of benzene rings is 5. The molecule has 0 aliphatic rings. The number of hydrogen-bond donors (Lipinski definition) is 0. The number of furan rings is 1. The van der Waals surface area contributed by atoms with Crippen LogP contribution < -0.4 is 11.3 Å². The van der Waals surface area contributed by atoms with Gasteiger partial charge in [-0.2, -0.15) is 0 Å². The van der Waals surface area contributed by atoms with Gasteiger partial charge in [-0.1, -0.05) is 58.4 Å². The summed E-state index contributed by atoms with van der Waals surface area (Å²) >= 11 is 3.63. The van der Waals surface area contributed by atoms with Crippen molar-refractivity contribution in [3.8, 4) is 0 Å². The summed E-state index contributed by atoms with van der Waals surface area (Å²) in [6.45, 7) is 0. The van der Waals surface area contributed by atoms with Gasteiger partial charge in [-0.3, -0.25) is 0 Å². The van der Waals surface area contributed by atoms with Gasteiger partial charge in [-0.05, 0) is 49.8 Å². The summed E-state index contributed by atoms with van der Waals surface area (Å²) in [6.07, 6.45) is 0. The monoisotopic (exact) mass is 400 g/mol. The summed E-state index contributed by atoms with van der Waals surface area (Å²) in [5.74, 6) is 0. The zero-order valence-corrected chi connectivity index (χ0v) is 14.9. The van der Waals surface area contributed by atoms with Crippen LogP contribution >= 0.6 is 15.9 Å². The first kappa shape index (κ1) is 14.2. The van der Waals surface area contributed by atoms with Crippen LogP contribution in [0, 0.1) is 0 Å². The van der Waals surface area contributed by atoms with Gasteiger partial charge in [0, 0.05) is 9.86 Å². The van der Waals surface area contributed by atoms with E-state index in [4.69, 9.17) is 4.42 Å². The molecule has 4 heteroatoms. The van der Waals surface area contributed by atoms with E-state index in [-0.39, 0.29) is 0 Å². The van der Waals surface area contributed by atoms with Crippen molar-refractivity contribution in [1.82, 2.24) is 0 Å². The van der Waals surface area contributed by atoms with Gasteiger partial charge in [0.05, 0.1) is 10.8 Å². The van der Waals surface area contributed by atoms with Crippen LogP contribution in [0.2, 0.25) is 0 Å². The quantitative estimate of drug-likeness (QED) is 0.253. The maximum atomic E-state index is 12.5. The van der Waals surface area contributed by atoms with Crippen molar-refractivity contribution in [1.29, 1.82) is 0 Å². The second kappa shape index (κ2) is 4.59. The zero-order valence-electron chi connectivity index (χ0n) is 13.3. The Hall–Kier alpha value is -2.98. The van der Waals surface area contributed by atoms with Gasteiger partial charge in [-0.25, -0.2) is 9.59 Å². The van der Waals surface area contributed by atoms with Crippen molar-refractivity contribution >= 4 is 69.8 Å². The minimum absolute atomic E-state index is 0.352. The highest BCUT2D eigenvalue weighted by molar-refractivity contribution is 9.10. The molecule has 1 aromatic heterocycles. The average Bonchev–Trinajstić information content (AvgIpc) is 2.93. The van der Waals surface area contributed by atoms with Crippen LogP contribution in [0.5, 0.6) is 0 Å². The lowest BCUT2D eigenvalue weighted by Gasteiger charge is -2.15. The predicted octanol–water partition coefficient (Wildman–Crippen LogP) is 5.40. The van der Waals surface area contributed by atoms with E-state index in [2.05, 4.69) is 40.2 Å². The number of halogens is 1. The Kier molecular flexibility index (Phi) is 2.51. The van der Waals surface area contributed by atoms with E-state index in [1.54, 1.807) is 6.07 Å². The Bertz CT molecular complexity index is 1630. The van der Waals surface area contributed by atoms with E-state index in [9.17, 15) is 9.59 Å². The molecule has 5 aromatic carbocycles. The summed E-state index contributed by atoms with van der Waals surface area (Å²) in [5, 5.41) is 8.82. The molecular weight excluding hydrogens is 392 g/mol. The third kappa shape index (κ3) is 1.54. The highest BCUT2D eigenvalue weighted by Gasteiger charge is 2.20. The normalized spacial score (nSPS) is 12.3. The minimum Gasteiger partial charge on any atom is -0.386 e. The molecule has 6 rings (SSSR count). The molecule has 0 radical (unpaired) electrons. The van der Waals surface area contributed by atoms with Crippen molar-refractivity contribution in [2.75, 3.05) is 0 Å². The molecule has 0 spiro atoms. The summed E-state index contributed by atoms with van der Waals surface area (Å²) in [6, 6.07) is 18.0. The highest BCUT2D eigenvalue weighted by Crippen LogP contribution is 2.43. The fourth-order valence-electron chi connectivity index (χ4n) is 4.32. The van der Waals surface area contributed by atoms with E-state index >= 15 is 0 Å². The molecule has 0 saturated heterocycles. The van der Waals surface area contributed by atoms with E-state index in [0.29, 0.717) is 10.8 Å². The Morgan fingerprint density at radius 2 is 1.35 bits per heavy atom. The van der Waals surface area contributed by atoms with Gasteiger partial charge in [0.2, 0.25) is 0 Å². The van der Waals surface area contributed by atoms with Crippen molar-refractivity contribution in [3.63, 3.8) is 0 Å². The predicted molar refractivity (Wildman–Crippen MR) is 109 cm³/mol. The molecule has 0 aliphatic carbocycles. The van der Waals surface area contributed by atoms with Gasteiger partial charge < -0.3 is 4.42 Å². The molecule has 3 nitrogen and oxygen atoms in total. The first-order valence-electron chi connectivity index (χ1n) is 8.23. The first-order chi connectivity index (χ1) is 12.6. The third-order valence-electron chi connectivity index (χ3n) is 5.32. The summed E-state index contributed by atoms with van der Waals surface area (Å²) in [7, 11) is 0. The molecule has 0 saturated carbocycles. The van der Waals surface area contributed by atoms with Crippen LogP contribution in [-0.4, -0.2) is 0 Å².